The van der Waals surface area contributed by atoms with E-state index in [9.17, 15) is 14.4 Å². The Balaban J connectivity index is 1.20. The van der Waals surface area contributed by atoms with E-state index in [4.69, 9.17) is 11.6 Å². The summed E-state index contributed by atoms with van der Waals surface area (Å²) in [5, 5.41) is 9.63. The Morgan fingerprint density at radius 1 is 0.702 bits per heavy atom. The van der Waals surface area contributed by atoms with Crippen LogP contribution >= 0.6 is 23.4 Å². The fraction of sp³-hybridized carbons (Fsp3) is 0.0263. The lowest BCUT2D eigenvalue weighted by Crippen LogP contribution is -2.30. The highest BCUT2D eigenvalue weighted by Crippen LogP contribution is 2.37. The molecule has 1 atom stereocenters. The zero-order valence-corrected chi connectivity index (χ0v) is 26.5. The lowest BCUT2D eigenvalue weighted by molar-refractivity contribution is -0.116. The molecule has 4 N–H and O–H groups in total. The molecule has 0 aliphatic heterocycles. The zero-order valence-electron chi connectivity index (χ0n) is 24.9. The van der Waals surface area contributed by atoms with Crippen LogP contribution in [0, 0.1) is 0 Å². The van der Waals surface area contributed by atoms with Gasteiger partial charge in [-0.1, -0.05) is 78.3 Å². The molecule has 6 aromatic rings. The van der Waals surface area contributed by atoms with Gasteiger partial charge in [-0.25, -0.2) is 0 Å². The molecule has 0 aliphatic carbocycles. The minimum Gasteiger partial charge on any atom is -0.361 e. The smallest absolute Gasteiger partial charge is 0.272 e. The van der Waals surface area contributed by atoms with Crippen LogP contribution in [0.1, 0.15) is 26.7 Å². The first-order valence-corrected chi connectivity index (χ1v) is 16.0. The summed E-state index contributed by atoms with van der Waals surface area (Å²) in [4.78, 5) is 44.1. The molecule has 3 amide bonds. The molecule has 0 aliphatic rings. The molecule has 0 fully saturated rings. The Bertz CT molecular complexity index is 2040. The van der Waals surface area contributed by atoms with E-state index in [1.54, 1.807) is 72.9 Å². The van der Waals surface area contributed by atoms with Crippen molar-refractivity contribution in [3.8, 4) is 0 Å². The van der Waals surface area contributed by atoms with Crippen molar-refractivity contribution in [3.63, 3.8) is 0 Å². The molecular weight excluding hydrogens is 628 g/mol. The molecule has 1 heterocycles. The van der Waals surface area contributed by atoms with Crippen LogP contribution in [0.5, 0.6) is 0 Å². The van der Waals surface area contributed by atoms with Crippen molar-refractivity contribution in [2.75, 3.05) is 10.6 Å². The van der Waals surface area contributed by atoms with Crippen molar-refractivity contribution in [2.45, 2.75) is 10.1 Å². The molecule has 0 unspecified atom stereocenters. The van der Waals surface area contributed by atoms with Crippen LogP contribution < -0.4 is 16.0 Å². The predicted octanol–water partition coefficient (Wildman–Crippen LogP) is 8.70. The first-order valence-electron chi connectivity index (χ1n) is 14.8. The molecule has 0 radical (unpaired) electrons. The summed E-state index contributed by atoms with van der Waals surface area (Å²) in [5.41, 5.74) is 4.22. The first-order chi connectivity index (χ1) is 22.9. The van der Waals surface area contributed by atoms with Crippen LogP contribution in [0.25, 0.3) is 17.0 Å². The van der Waals surface area contributed by atoms with Gasteiger partial charge in [0.05, 0.1) is 0 Å². The van der Waals surface area contributed by atoms with Gasteiger partial charge < -0.3 is 20.9 Å². The third kappa shape index (κ3) is 7.99. The van der Waals surface area contributed by atoms with Crippen LogP contribution in [0.15, 0.2) is 150 Å². The lowest BCUT2D eigenvalue weighted by atomic mass is 10.1. The Morgan fingerprint density at radius 3 is 2.04 bits per heavy atom. The summed E-state index contributed by atoms with van der Waals surface area (Å²) in [6, 6.07) is 40.2. The summed E-state index contributed by atoms with van der Waals surface area (Å²) >= 11 is 7.40. The first kappa shape index (κ1) is 31.4. The van der Waals surface area contributed by atoms with E-state index in [0.29, 0.717) is 22.0 Å². The van der Waals surface area contributed by atoms with Crippen molar-refractivity contribution in [3.05, 3.63) is 167 Å². The van der Waals surface area contributed by atoms with Crippen LogP contribution in [0.4, 0.5) is 11.4 Å². The third-order valence-corrected chi connectivity index (χ3v) is 8.79. The van der Waals surface area contributed by atoms with E-state index in [-0.39, 0.29) is 11.6 Å². The highest BCUT2D eigenvalue weighted by molar-refractivity contribution is 8.00. The van der Waals surface area contributed by atoms with Gasteiger partial charge in [0.15, 0.2) is 0 Å². The molecule has 5 aromatic carbocycles. The van der Waals surface area contributed by atoms with Gasteiger partial charge in [-0.2, -0.15) is 0 Å². The number of fused-ring (bicyclic) bond motifs is 1. The van der Waals surface area contributed by atoms with Gasteiger partial charge in [0.1, 0.15) is 10.9 Å². The van der Waals surface area contributed by atoms with Crippen molar-refractivity contribution in [1.29, 1.82) is 0 Å². The maximum absolute atomic E-state index is 13.6. The summed E-state index contributed by atoms with van der Waals surface area (Å²) < 4.78 is 0. The number of hydrogen-bond donors (Lipinski definition) is 4. The summed E-state index contributed by atoms with van der Waals surface area (Å²) in [6.07, 6.45) is 3.45. The largest absolute Gasteiger partial charge is 0.361 e. The Hall–Kier alpha value is -5.57. The van der Waals surface area contributed by atoms with Gasteiger partial charge in [0.25, 0.3) is 11.8 Å². The normalized spacial score (nSPS) is 11.9. The number of anilines is 2. The van der Waals surface area contributed by atoms with Gasteiger partial charge in [0.2, 0.25) is 5.91 Å². The highest BCUT2D eigenvalue weighted by Gasteiger charge is 2.23. The minimum atomic E-state index is -0.536. The van der Waals surface area contributed by atoms with E-state index in [0.717, 1.165) is 26.9 Å². The zero-order chi connectivity index (χ0) is 32.6. The second-order valence-electron chi connectivity index (χ2n) is 10.6. The number of halogens is 1. The van der Waals surface area contributed by atoms with E-state index in [1.807, 2.05) is 72.8 Å². The van der Waals surface area contributed by atoms with E-state index in [2.05, 4.69) is 20.9 Å². The minimum absolute atomic E-state index is 0.0880. The number of nitrogens with one attached hydrogen (secondary N) is 4. The monoisotopic (exact) mass is 656 g/mol. The average molecular weight is 657 g/mol. The molecule has 47 heavy (non-hydrogen) atoms. The van der Waals surface area contributed by atoms with Gasteiger partial charge >= 0.3 is 0 Å². The van der Waals surface area contributed by atoms with Gasteiger partial charge in [-0.15, -0.1) is 11.8 Å². The van der Waals surface area contributed by atoms with Crippen LogP contribution in [-0.4, -0.2) is 22.7 Å². The molecule has 9 heteroatoms. The number of amides is 3. The quantitative estimate of drug-likeness (QED) is 0.0875. The Labute approximate surface area is 281 Å². The van der Waals surface area contributed by atoms with E-state index >= 15 is 0 Å². The Kier molecular flexibility index (Phi) is 9.81. The number of carbonyl (C=O) groups is 3. The van der Waals surface area contributed by atoms with E-state index < -0.39 is 17.1 Å². The number of aromatic amines is 1. The van der Waals surface area contributed by atoms with Crippen molar-refractivity contribution in [2.24, 2.45) is 0 Å². The second-order valence-corrected chi connectivity index (χ2v) is 12.2. The predicted molar refractivity (Wildman–Crippen MR) is 190 cm³/mol. The molecule has 0 bridgehead atoms. The average Bonchev–Trinajstić information content (AvgIpc) is 3.52. The number of rotatable bonds is 10. The van der Waals surface area contributed by atoms with Gasteiger partial charge in [-0.05, 0) is 78.4 Å². The van der Waals surface area contributed by atoms with E-state index in [1.165, 1.54) is 11.8 Å². The van der Waals surface area contributed by atoms with Crippen molar-refractivity contribution in [1.82, 2.24) is 10.3 Å². The number of carbonyl (C=O) groups excluding carboxylic acids is 3. The fourth-order valence-corrected chi connectivity index (χ4v) is 6.05. The number of para-hydroxylation sites is 1. The van der Waals surface area contributed by atoms with Crippen molar-refractivity contribution < 1.29 is 14.4 Å². The standard InChI is InChI=1S/C38H29ClN4O3S/c39-28-15-17-29(18-16-28)42-38(46)35(25-9-3-1-4-10-25)47-31-21-19-30(20-22-31)41-37(45)34(43-36(44)26-11-5-2-6-12-26)23-27-24-40-33-14-8-7-13-32(27)33/h1-24,35,40H,(H,41,45)(H,42,46)(H,43,44)/b34-23-/t35-/m1/s1. The maximum Gasteiger partial charge on any atom is 0.272 e. The number of aromatic nitrogens is 1. The second kappa shape index (κ2) is 14.7. The summed E-state index contributed by atoms with van der Waals surface area (Å²) in [7, 11) is 0. The Morgan fingerprint density at radius 2 is 1.32 bits per heavy atom. The van der Waals surface area contributed by atoms with Gasteiger partial charge in [-0.3, -0.25) is 14.4 Å². The third-order valence-electron chi connectivity index (χ3n) is 7.27. The number of H-pyrrole nitrogens is 1. The lowest BCUT2D eigenvalue weighted by Gasteiger charge is -2.17. The highest BCUT2D eigenvalue weighted by atomic mass is 35.5. The molecule has 7 nitrogen and oxygen atoms in total. The summed E-state index contributed by atoms with van der Waals surface area (Å²) in [6.45, 7) is 0. The van der Waals surface area contributed by atoms with Crippen LogP contribution in [0.3, 0.4) is 0 Å². The number of thioether (sulfide) groups is 1. The molecule has 6 rings (SSSR count). The topological polar surface area (TPSA) is 103 Å². The molecule has 0 saturated heterocycles. The number of benzene rings is 5. The molecule has 232 valence electrons. The number of hydrogen-bond acceptors (Lipinski definition) is 4. The molecular formula is C38H29ClN4O3S. The molecule has 1 aromatic heterocycles. The molecule has 0 saturated carbocycles. The molecule has 0 spiro atoms. The van der Waals surface area contributed by atoms with Crippen LogP contribution in [-0.2, 0) is 9.59 Å². The maximum atomic E-state index is 13.6. The van der Waals surface area contributed by atoms with Gasteiger partial charge in [0, 0.05) is 49.5 Å². The van der Waals surface area contributed by atoms with Crippen LogP contribution in [0.2, 0.25) is 5.02 Å². The summed E-state index contributed by atoms with van der Waals surface area (Å²) in [5.74, 6) is -1.06. The van der Waals surface area contributed by atoms with Crippen molar-refractivity contribution >= 4 is 69.4 Å². The fourth-order valence-electron chi connectivity index (χ4n) is 4.90. The SMILES string of the molecule is O=C(Nc1ccc(S[C@@H](C(=O)Nc2ccc(Cl)cc2)c2ccccc2)cc1)/C(=C/c1c[nH]c2ccccc12)NC(=O)c1ccccc1.